The van der Waals surface area contributed by atoms with Crippen molar-refractivity contribution in [3.05, 3.63) is 35.9 Å². The molecule has 3 rings (SSSR count). The summed E-state index contributed by atoms with van der Waals surface area (Å²) in [5.41, 5.74) is 1.46. The van der Waals surface area contributed by atoms with Gasteiger partial charge in [-0.15, -0.1) is 0 Å². The topological polar surface area (TPSA) is 32.3 Å². The number of piperidine rings is 1. The first kappa shape index (κ1) is 18.4. The van der Waals surface area contributed by atoms with E-state index in [0.717, 1.165) is 25.6 Å². The minimum Gasteiger partial charge on any atom is -0.353 e. The number of hydrogen-bond acceptors (Lipinski definition) is 2. The van der Waals surface area contributed by atoms with Crippen LogP contribution >= 0.6 is 0 Å². The van der Waals surface area contributed by atoms with Crippen molar-refractivity contribution in [2.75, 3.05) is 19.6 Å². The summed E-state index contributed by atoms with van der Waals surface area (Å²) in [6.45, 7) is 3.22. The van der Waals surface area contributed by atoms with E-state index in [-0.39, 0.29) is 5.91 Å². The van der Waals surface area contributed by atoms with E-state index in [1.807, 2.05) is 0 Å². The fraction of sp³-hybridized carbons (Fsp3) is 0.682. The Bertz CT molecular complexity index is 500. The second kappa shape index (κ2) is 9.96. The summed E-state index contributed by atoms with van der Waals surface area (Å²) >= 11 is 0. The summed E-state index contributed by atoms with van der Waals surface area (Å²) in [5.74, 6) is 1.07. The first-order valence-electron chi connectivity index (χ1n) is 10.4. The Kier molecular flexibility index (Phi) is 7.35. The largest absolute Gasteiger partial charge is 0.353 e. The second-order valence-corrected chi connectivity index (χ2v) is 7.98. The smallest absolute Gasteiger partial charge is 0.221 e. The highest BCUT2D eigenvalue weighted by Crippen LogP contribution is 2.22. The monoisotopic (exact) mass is 342 g/mol. The van der Waals surface area contributed by atoms with E-state index in [1.165, 1.54) is 63.4 Å². The molecule has 1 aliphatic carbocycles. The minimum atomic E-state index is 0.262. The molecule has 3 nitrogen and oxygen atoms in total. The number of rotatable bonds is 6. The zero-order valence-electron chi connectivity index (χ0n) is 15.6. The van der Waals surface area contributed by atoms with E-state index in [9.17, 15) is 4.79 Å². The van der Waals surface area contributed by atoms with Crippen molar-refractivity contribution in [3.63, 3.8) is 0 Å². The van der Waals surface area contributed by atoms with E-state index in [0.29, 0.717) is 12.5 Å². The van der Waals surface area contributed by atoms with Crippen molar-refractivity contribution >= 4 is 5.91 Å². The molecular formula is C22H34N2O. The normalized spacial score (nSPS) is 21.0. The van der Waals surface area contributed by atoms with Crippen molar-refractivity contribution in [1.29, 1.82) is 0 Å². The number of amides is 1. The van der Waals surface area contributed by atoms with Crippen molar-refractivity contribution in [1.82, 2.24) is 10.2 Å². The number of benzene rings is 1. The van der Waals surface area contributed by atoms with Crippen molar-refractivity contribution in [3.8, 4) is 0 Å². The number of nitrogens with one attached hydrogen (secondary N) is 1. The van der Waals surface area contributed by atoms with E-state index in [1.54, 1.807) is 0 Å². The fourth-order valence-electron chi connectivity index (χ4n) is 4.34. The van der Waals surface area contributed by atoms with Crippen LogP contribution < -0.4 is 5.32 Å². The molecule has 1 heterocycles. The fourth-order valence-corrected chi connectivity index (χ4v) is 4.34. The van der Waals surface area contributed by atoms with Gasteiger partial charge in [-0.25, -0.2) is 0 Å². The Morgan fingerprint density at radius 1 is 0.960 bits per heavy atom. The van der Waals surface area contributed by atoms with Crippen LogP contribution in [0.4, 0.5) is 0 Å². The van der Waals surface area contributed by atoms with Gasteiger partial charge in [-0.3, -0.25) is 4.79 Å². The van der Waals surface area contributed by atoms with Crippen LogP contribution in [-0.4, -0.2) is 36.5 Å². The summed E-state index contributed by atoms with van der Waals surface area (Å²) in [5, 5.41) is 3.27. The number of nitrogens with zero attached hydrogens (tertiary/aromatic N) is 1. The maximum atomic E-state index is 12.2. The zero-order chi connectivity index (χ0) is 17.3. The molecule has 1 aromatic rings. The number of carbonyl (C=O) groups is 1. The molecule has 1 aromatic carbocycles. The lowest BCUT2D eigenvalue weighted by Gasteiger charge is -2.32. The number of carbonyl (C=O) groups excluding carboxylic acids is 1. The molecule has 138 valence electrons. The molecule has 25 heavy (non-hydrogen) atoms. The second-order valence-electron chi connectivity index (χ2n) is 7.98. The van der Waals surface area contributed by atoms with Crippen molar-refractivity contribution in [2.45, 2.75) is 70.3 Å². The van der Waals surface area contributed by atoms with Gasteiger partial charge in [0.05, 0.1) is 0 Å². The summed E-state index contributed by atoms with van der Waals surface area (Å²) < 4.78 is 0. The first-order valence-corrected chi connectivity index (χ1v) is 10.4. The summed E-state index contributed by atoms with van der Waals surface area (Å²) in [6, 6.07) is 11.3. The molecule has 0 aromatic heterocycles. The third-order valence-electron chi connectivity index (χ3n) is 5.95. The Morgan fingerprint density at radius 2 is 1.64 bits per heavy atom. The highest BCUT2D eigenvalue weighted by molar-refractivity contribution is 5.76. The molecule has 0 spiro atoms. The highest BCUT2D eigenvalue weighted by atomic mass is 16.1. The average molecular weight is 343 g/mol. The Balaban J connectivity index is 1.31. The lowest BCUT2D eigenvalue weighted by molar-refractivity contribution is -0.122. The van der Waals surface area contributed by atoms with Gasteiger partial charge >= 0.3 is 0 Å². The standard InChI is InChI=1S/C22H34N2O/c25-22(23-21-10-6-1-2-7-11-21)14-17-24-15-12-20(13-16-24)18-19-8-4-3-5-9-19/h3-5,8-9,20-21H,1-2,6-7,10-18H2,(H,23,25). The average Bonchev–Trinajstić information content (AvgIpc) is 2.91. The third-order valence-corrected chi connectivity index (χ3v) is 5.95. The third kappa shape index (κ3) is 6.47. The molecule has 1 saturated heterocycles. The van der Waals surface area contributed by atoms with Gasteiger partial charge in [0.1, 0.15) is 0 Å². The molecule has 1 N–H and O–H groups in total. The van der Waals surface area contributed by atoms with Crippen LogP contribution in [0.2, 0.25) is 0 Å². The lowest BCUT2D eigenvalue weighted by atomic mass is 9.90. The highest BCUT2D eigenvalue weighted by Gasteiger charge is 2.20. The molecule has 3 heteroatoms. The predicted octanol–water partition coefficient (Wildman–Crippen LogP) is 4.17. The summed E-state index contributed by atoms with van der Waals surface area (Å²) in [4.78, 5) is 14.7. The van der Waals surface area contributed by atoms with Crippen molar-refractivity contribution in [2.24, 2.45) is 5.92 Å². The van der Waals surface area contributed by atoms with E-state index in [2.05, 4.69) is 40.5 Å². The predicted molar refractivity (Wildman–Crippen MR) is 104 cm³/mol. The maximum Gasteiger partial charge on any atom is 0.221 e. The molecule has 0 bridgehead atoms. The van der Waals surface area contributed by atoms with Crippen LogP contribution in [0, 0.1) is 5.92 Å². The zero-order valence-corrected chi connectivity index (χ0v) is 15.6. The Hall–Kier alpha value is -1.35. The minimum absolute atomic E-state index is 0.262. The number of likely N-dealkylation sites (tertiary alicyclic amines) is 1. The van der Waals surface area contributed by atoms with Gasteiger partial charge in [-0.05, 0) is 56.7 Å². The maximum absolute atomic E-state index is 12.2. The molecular weight excluding hydrogens is 308 g/mol. The van der Waals surface area contributed by atoms with Crippen LogP contribution in [0.5, 0.6) is 0 Å². The molecule has 1 saturated carbocycles. The van der Waals surface area contributed by atoms with Crippen LogP contribution in [0.25, 0.3) is 0 Å². The van der Waals surface area contributed by atoms with Gasteiger partial charge in [0.25, 0.3) is 0 Å². The van der Waals surface area contributed by atoms with Gasteiger partial charge in [-0.1, -0.05) is 56.0 Å². The Labute approximate surface area is 153 Å². The summed E-state index contributed by atoms with van der Waals surface area (Å²) in [6.07, 6.45) is 12.0. The van der Waals surface area contributed by atoms with Gasteiger partial charge in [0.2, 0.25) is 5.91 Å². The lowest BCUT2D eigenvalue weighted by Crippen LogP contribution is -2.39. The molecule has 0 atom stereocenters. The van der Waals surface area contributed by atoms with Crippen LogP contribution in [-0.2, 0) is 11.2 Å². The molecule has 0 radical (unpaired) electrons. The molecule has 1 amide bonds. The molecule has 0 unspecified atom stereocenters. The summed E-state index contributed by atoms with van der Waals surface area (Å²) in [7, 11) is 0. The number of hydrogen-bond donors (Lipinski definition) is 1. The molecule has 2 fully saturated rings. The Morgan fingerprint density at radius 3 is 2.32 bits per heavy atom. The molecule has 1 aliphatic heterocycles. The van der Waals surface area contributed by atoms with Crippen LogP contribution in [0.15, 0.2) is 30.3 Å². The van der Waals surface area contributed by atoms with E-state index < -0.39 is 0 Å². The first-order chi connectivity index (χ1) is 12.3. The van der Waals surface area contributed by atoms with Gasteiger partial charge in [0.15, 0.2) is 0 Å². The van der Waals surface area contributed by atoms with Crippen LogP contribution in [0.3, 0.4) is 0 Å². The van der Waals surface area contributed by atoms with Gasteiger partial charge in [-0.2, -0.15) is 0 Å². The van der Waals surface area contributed by atoms with Gasteiger partial charge < -0.3 is 10.2 Å². The molecule has 2 aliphatic rings. The van der Waals surface area contributed by atoms with Crippen LogP contribution in [0.1, 0.15) is 63.4 Å². The van der Waals surface area contributed by atoms with Gasteiger partial charge in [0, 0.05) is 19.0 Å². The van der Waals surface area contributed by atoms with E-state index in [4.69, 9.17) is 0 Å². The SMILES string of the molecule is O=C(CCN1CCC(Cc2ccccc2)CC1)NC1CCCCCC1. The van der Waals surface area contributed by atoms with Crippen molar-refractivity contribution < 1.29 is 4.79 Å². The van der Waals surface area contributed by atoms with E-state index >= 15 is 0 Å². The quantitative estimate of drug-likeness (QED) is 0.787.